The monoisotopic (exact) mass is 709 g/mol. The minimum Gasteiger partial charge on any atom is -0.550 e. The molecule has 0 spiro atoms. The van der Waals surface area contributed by atoms with Crippen LogP contribution in [0.2, 0.25) is 0 Å². The van der Waals surface area contributed by atoms with Crippen molar-refractivity contribution in [1.29, 1.82) is 0 Å². The van der Waals surface area contributed by atoms with Crippen LogP contribution in [0.1, 0.15) is 85.3 Å². The molecule has 2 aliphatic rings. The molecule has 0 bridgehead atoms. The Morgan fingerprint density at radius 2 is 1.30 bits per heavy atom. The molecule has 0 saturated carbocycles. The molecule has 53 heavy (non-hydrogen) atoms. The van der Waals surface area contributed by atoms with Crippen LogP contribution >= 0.6 is 0 Å². The van der Waals surface area contributed by atoms with Gasteiger partial charge in [0.1, 0.15) is 7.05 Å². The second-order valence-electron chi connectivity index (χ2n) is 15.2. The number of fused-ring (bicyclic) bond motifs is 6. The van der Waals surface area contributed by atoms with E-state index in [1.54, 1.807) is 0 Å². The van der Waals surface area contributed by atoms with Crippen LogP contribution in [0, 0.1) is 0 Å². The largest absolute Gasteiger partial charge is 0.550 e. The Bertz CT molecular complexity index is 2070. The number of benzene rings is 4. The zero-order chi connectivity index (χ0) is 38.2. The van der Waals surface area contributed by atoms with Gasteiger partial charge in [0.25, 0.3) is 0 Å². The number of hydrogen-bond acceptors (Lipinski definition) is 4. The number of allylic oxidation sites excluding steroid dienone is 8. The molecule has 5 heteroatoms. The van der Waals surface area contributed by atoms with E-state index in [0.717, 1.165) is 19.4 Å². The number of carboxylic acid groups (broad SMARTS) is 1. The predicted octanol–water partition coefficient (Wildman–Crippen LogP) is 10.0. The lowest BCUT2D eigenvalue weighted by molar-refractivity contribution is -0.401. The molecular weight excluding hydrogens is 651 g/mol. The third-order valence-electron chi connectivity index (χ3n) is 11.2. The molecule has 5 nitrogen and oxygen atoms in total. The van der Waals surface area contributed by atoms with Crippen molar-refractivity contribution >= 4 is 44.6 Å². The van der Waals surface area contributed by atoms with E-state index in [1.165, 1.54) is 75.1 Å². The van der Waals surface area contributed by atoms with Gasteiger partial charge < -0.3 is 19.7 Å². The first kappa shape index (κ1) is 39.5. The molecule has 0 amide bonds. The van der Waals surface area contributed by atoms with Gasteiger partial charge in [0.15, 0.2) is 5.71 Å². The van der Waals surface area contributed by atoms with Crippen LogP contribution in [0.3, 0.4) is 0 Å². The topological polar surface area (TPSA) is 49.6 Å². The van der Waals surface area contributed by atoms with Crippen LogP contribution in [-0.2, 0) is 15.6 Å². The minimum atomic E-state index is -0.968. The fraction of sp³-hybridized carbons (Fsp3) is 0.375. The van der Waals surface area contributed by atoms with Gasteiger partial charge in [0.2, 0.25) is 5.69 Å². The van der Waals surface area contributed by atoms with Crippen LogP contribution in [0.4, 0.5) is 11.4 Å². The molecular formula is C48H59N3O2. The number of anilines is 1. The highest BCUT2D eigenvalue weighted by atomic mass is 16.4. The standard InChI is InChI=1S/C42H44N2O2.C6H15N/c1-41(2)36(43(5)34-27-25-30-18-13-15-20-32(30)39(34)41)22-10-7-6-8-11-23-37-42(3,4)40-33-21-16-14-19-31(33)26-28-35(40)44(37)29-17-9-12-24-38(45)46;1-4-7(5-2)6-3/h6-8,10-11,13-16,18-23,25-28H,9,12,17,24,29H2,1-5H3;4-6H2,1-3H3. The second kappa shape index (κ2) is 17.4. The summed E-state index contributed by atoms with van der Waals surface area (Å²) in [5.41, 5.74) is 7.52. The molecule has 0 aliphatic carbocycles. The average molecular weight is 710 g/mol. The number of rotatable bonds is 13. The lowest BCUT2D eigenvalue weighted by Gasteiger charge is -2.27. The second-order valence-corrected chi connectivity index (χ2v) is 15.2. The first-order valence-corrected chi connectivity index (χ1v) is 19.5. The summed E-state index contributed by atoms with van der Waals surface area (Å²) in [7, 11) is 2.16. The van der Waals surface area contributed by atoms with Crippen molar-refractivity contribution in [2.75, 3.05) is 38.1 Å². The molecule has 0 atom stereocenters. The Morgan fingerprint density at radius 3 is 1.92 bits per heavy atom. The molecule has 2 heterocycles. The van der Waals surface area contributed by atoms with E-state index in [2.05, 4.69) is 185 Å². The van der Waals surface area contributed by atoms with Gasteiger partial charge in [-0.3, -0.25) is 0 Å². The Labute approximate surface area is 318 Å². The molecule has 6 rings (SSSR count). The Morgan fingerprint density at radius 1 is 0.717 bits per heavy atom. The molecule has 4 aromatic carbocycles. The van der Waals surface area contributed by atoms with Crippen LogP contribution in [0.5, 0.6) is 0 Å². The number of carbonyl (C=O) groups is 1. The van der Waals surface area contributed by atoms with Crippen LogP contribution in [0.15, 0.2) is 121 Å². The van der Waals surface area contributed by atoms with E-state index in [4.69, 9.17) is 0 Å². The number of carboxylic acids is 1. The Hall–Kier alpha value is -4.74. The lowest BCUT2D eigenvalue weighted by atomic mass is 9.79. The molecule has 0 saturated heterocycles. The van der Waals surface area contributed by atoms with Crippen molar-refractivity contribution in [1.82, 2.24) is 4.90 Å². The first-order chi connectivity index (χ1) is 25.5. The van der Waals surface area contributed by atoms with Crippen LogP contribution < -0.4 is 10.0 Å². The van der Waals surface area contributed by atoms with Gasteiger partial charge in [-0.25, -0.2) is 0 Å². The highest BCUT2D eigenvalue weighted by molar-refractivity contribution is 6.07. The minimum absolute atomic E-state index is 0.100. The summed E-state index contributed by atoms with van der Waals surface area (Å²) in [6, 6.07) is 26.2. The zero-order valence-electron chi connectivity index (χ0n) is 33.3. The molecule has 0 radical (unpaired) electrons. The maximum Gasteiger partial charge on any atom is 0.210 e. The lowest BCUT2D eigenvalue weighted by Crippen LogP contribution is -2.27. The summed E-state index contributed by atoms with van der Waals surface area (Å²) in [5.74, 6) is -0.968. The van der Waals surface area contributed by atoms with E-state index in [1.807, 2.05) is 0 Å². The number of aliphatic carboxylic acids is 1. The van der Waals surface area contributed by atoms with E-state index in [0.29, 0.717) is 6.42 Å². The summed E-state index contributed by atoms with van der Waals surface area (Å²) in [4.78, 5) is 15.7. The van der Waals surface area contributed by atoms with Crippen LogP contribution in [-0.4, -0.2) is 54.4 Å². The molecule has 278 valence electrons. The van der Waals surface area contributed by atoms with Gasteiger partial charge >= 0.3 is 0 Å². The maximum atomic E-state index is 10.9. The van der Waals surface area contributed by atoms with Gasteiger partial charge in [0.05, 0.1) is 5.41 Å². The van der Waals surface area contributed by atoms with E-state index >= 15 is 0 Å². The van der Waals surface area contributed by atoms with E-state index in [-0.39, 0.29) is 17.3 Å². The van der Waals surface area contributed by atoms with Gasteiger partial charge in [-0.2, -0.15) is 4.58 Å². The van der Waals surface area contributed by atoms with Gasteiger partial charge in [-0.1, -0.05) is 126 Å². The fourth-order valence-corrected chi connectivity index (χ4v) is 8.34. The normalized spacial score (nSPS) is 16.8. The SMILES string of the molecule is CCN(CC)CC.C[N+]1=C(/C=C/C=C/C=C/C=C2/N(CCCCCC(=O)[O-])c3ccc4ccccc4c3C2(C)C)C(C)(C)c2c1ccc1ccccc21. The third-order valence-corrected chi connectivity index (χ3v) is 11.2. The average Bonchev–Trinajstić information content (AvgIpc) is 3.49. The Kier molecular flexibility index (Phi) is 13.0. The summed E-state index contributed by atoms with van der Waals surface area (Å²) < 4.78 is 2.32. The van der Waals surface area contributed by atoms with Gasteiger partial charge in [0, 0.05) is 47.0 Å². The van der Waals surface area contributed by atoms with Gasteiger partial charge in [-0.15, -0.1) is 0 Å². The summed E-state index contributed by atoms with van der Waals surface area (Å²) in [6.45, 7) is 20.2. The first-order valence-electron chi connectivity index (χ1n) is 19.5. The highest BCUT2D eigenvalue weighted by Gasteiger charge is 2.44. The number of carbonyl (C=O) groups excluding carboxylic acids is 1. The molecule has 0 fully saturated rings. The van der Waals surface area contributed by atoms with Crippen molar-refractivity contribution < 1.29 is 14.5 Å². The number of hydrogen-bond donors (Lipinski definition) is 0. The van der Waals surface area contributed by atoms with Gasteiger partial charge in [-0.05, 0) is 98.1 Å². The van der Waals surface area contributed by atoms with E-state index < -0.39 is 5.97 Å². The molecule has 4 aromatic rings. The quantitative estimate of drug-likeness (QED) is 0.0788. The van der Waals surface area contributed by atoms with Crippen LogP contribution in [0.25, 0.3) is 21.5 Å². The maximum absolute atomic E-state index is 10.9. The molecule has 2 aliphatic heterocycles. The van der Waals surface area contributed by atoms with Crippen molar-refractivity contribution in [3.63, 3.8) is 0 Å². The smallest absolute Gasteiger partial charge is 0.210 e. The predicted molar refractivity (Wildman–Crippen MR) is 225 cm³/mol. The number of nitrogens with zero attached hydrogens (tertiary/aromatic N) is 3. The zero-order valence-corrected chi connectivity index (χ0v) is 33.3. The third kappa shape index (κ3) is 8.41. The van der Waals surface area contributed by atoms with E-state index in [9.17, 15) is 9.90 Å². The van der Waals surface area contributed by atoms with Crippen molar-refractivity contribution in [3.05, 3.63) is 132 Å². The molecule has 0 unspecified atom stereocenters. The molecule has 0 aromatic heterocycles. The highest BCUT2D eigenvalue weighted by Crippen LogP contribution is 2.51. The molecule has 0 N–H and O–H groups in total. The van der Waals surface area contributed by atoms with Crippen molar-refractivity contribution in [3.8, 4) is 0 Å². The van der Waals surface area contributed by atoms with Crippen molar-refractivity contribution in [2.24, 2.45) is 0 Å². The summed E-state index contributed by atoms with van der Waals surface area (Å²) in [5, 5.41) is 16.0. The summed E-state index contributed by atoms with van der Waals surface area (Å²) >= 11 is 0. The summed E-state index contributed by atoms with van der Waals surface area (Å²) in [6.07, 6.45) is 17.6. The van der Waals surface area contributed by atoms with Crippen molar-refractivity contribution in [2.45, 2.75) is 85.0 Å². The Balaban J connectivity index is 0.000000705. The number of unbranched alkanes of at least 4 members (excludes halogenated alkanes) is 2. The fourth-order valence-electron chi connectivity index (χ4n) is 8.34.